The van der Waals surface area contributed by atoms with Gasteiger partial charge in [0.2, 0.25) is 6.79 Å². The molecule has 0 saturated carbocycles. The fourth-order valence-corrected chi connectivity index (χ4v) is 2.21. The molecule has 1 aliphatic heterocycles. The molecule has 0 aromatic heterocycles. The first-order valence-corrected chi connectivity index (χ1v) is 6.46. The van der Waals surface area contributed by atoms with E-state index in [0.717, 1.165) is 24.9 Å². The van der Waals surface area contributed by atoms with Crippen LogP contribution < -0.4 is 9.47 Å². The normalized spacial score (nSPS) is 14.7. The van der Waals surface area contributed by atoms with Crippen LogP contribution in [0.5, 0.6) is 11.5 Å². The minimum absolute atomic E-state index is 0.197. The molecule has 0 spiro atoms. The second kappa shape index (κ2) is 5.93. The van der Waals surface area contributed by atoms with E-state index >= 15 is 0 Å². The summed E-state index contributed by atoms with van der Waals surface area (Å²) in [6, 6.07) is 4.65. The van der Waals surface area contributed by atoms with Gasteiger partial charge in [0.05, 0.1) is 0 Å². The van der Waals surface area contributed by atoms with Crippen LogP contribution in [-0.4, -0.2) is 36.4 Å². The number of carboxylic acids is 1. The number of unbranched alkanes of at least 4 members (excludes halogenated alkanes) is 1. The zero-order chi connectivity index (χ0) is 13.8. The van der Waals surface area contributed by atoms with Crippen molar-refractivity contribution in [3.63, 3.8) is 0 Å². The van der Waals surface area contributed by atoms with Gasteiger partial charge in [-0.3, -0.25) is 9.69 Å². The fourth-order valence-electron chi connectivity index (χ4n) is 2.21. The summed E-state index contributed by atoms with van der Waals surface area (Å²) in [5.41, 5.74) is 0.718. The topological polar surface area (TPSA) is 59.0 Å². The molecular weight excluding hydrogens is 246 g/mol. The summed E-state index contributed by atoms with van der Waals surface area (Å²) in [5.74, 6) is 0.439. The lowest BCUT2D eigenvalue weighted by molar-refractivity contribution is -0.143. The van der Waals surface area contributed by atoms with Crippen LogP contribution in [-0.2, 0) is 4.79 Å². The quantitative estimate of drug-likeness (QED) is 0.855. The van der Waals surface area contributed by atoms with Gasteiger partial charge in [-0.05, 0) is 37.7 Å². The Kier molecular flexibility index (Phi) is 4.27. The number of ether oxygens (including phenoxy) is 2. The second-order valence-electron chi connectivity index (χ2n) is 4.69. The van der Waals surface area contributed by atoms with E-state index in [4.69, 9.17) is 9.47 Å². The lowest BCUT2D eigenvalue weighted by Gasteiger charge is -2.24. The number of hydrogen-bond donors (Lipinski definition) is 1. The Hall–Kier alpha value is -1.75. The number of rotatable bonds is 6. The van der Waals surface area contributed by atoms with E-state index < -0.39 is 12.0 Å². The third-order valence-corrected chi connectivity index (χ3v) is 3.25. The van der Waals surface area contributed by atoms with E-state index in [-0.39, 0.29) is 6.79 Å². The molecule has 0 aliphatic carbocycles. The Morgan fingerprint density at radius 1 is 1.42 bits per heavy atom. The summed E-state index contributed by atoms with van der Waals surface area (Å²) in [5, 5.41) is 9.43. The van der Waals surface area contributed by atoms with Crippen LogP contribution in [0.2, 0.25) is 0 Å². The van der Waals surface area contributed by atoms with Gasteiger partial charge in [0, 0.05) is 0 Å². The summed E-state index contributed by atoms with van der Waals surface area (Å²) in [4.78, 5) is 13.3. The molecule has 0 radical (unpaired) electrons. The Bertz CT molecular complexity index is 461. The highest BCUT2D eigenvalue weighted by atomic mass is 16.7. The number of hydrogen-bond acceptors (Lipinski definition) is 4. The van der Waals surface area contributed by atoms with Crippen molar-refractivity contribution in [2.24, 2.45) is 0 Å². The van der Waals surface area contributed by atoms with Gasteiger partial charge in [-0.25, -0.2) is 0 Å². The van der Waals surface area contributed by atoms with Crippen molar-refractivity contribution in [2.45, 2.75) is 25.8 Å². The predicted molar refractivity (Wildman–Crippen MR) is 70.5 cm³/mol. The van der Waals surface area contributed by atoms with Gasteiger partial charge >= 0.3 is 5.97 Å². The SMILES string of the molecule is CCCCN(C)C(C(=O)O)c1ccc2c(c1)OCO2. The van der Waals surface area contributed by atoms with Crippen LogP contribution >= 0.6 is 0 Å². The smallest absolute Gasteiger partial charge is 0.325 e. The van der Waals surface area contributed by atoms with Crippen molar-refractivity contribution in [3.8, 4) is 11.5 Å². The molecular formula is C14H19NO4. The van der Waals surface area contributed by atoms with E-state index in [0.29, 0.717) is 11.5 Å². The number of benzene rings is 1. The zero-order valence-electron chi connectivity index (χ0n) is 11.3. The van der Waals surface area contributed by atoms with Crippen LogP contribution in [0.15, 0.2) is 18.2 Å². The van der Waals surface area contributed by atoms with Crippen LogP contribution in [0, 0.1) is 0 Å². The van der Waals surface area contributed by atoms with Crippen LogP contribution in [0.4, 0.5) is 0 Å². The molecule has 19 heavy (non-hydrogen) atoms. The summed E-state index contributed by atoms with van der Waals surface area (Å²) in [6.45, 7) is 3.04. The van der Waals surface area contributed by atoms with E-state index in [1.165, 1.54) is 0 Å². The maximum atomic E-state index is 11.5. The highest BCUT2D eigenvalue weighted by Gasteiger charge is 2.26. The largest absolute Gasteiger partial charge is 0.480 e. The summed E-state index contributed by atoms with van der Waals surface area (Å²) < 4.78 is 10.5. The maximum absolute atomic E-state index is 11.5. The fraction of sp³-hybridized carbons (Fsp3) is 0.500. The summed E-state index contributed by atoms with van der Waals surface area (Å²) >= 11 is 0. The summed E-state index contributed by atoms with van der Waals surface area (Å²) in [7, 11) is 1.83. The van der Waals surface area contributed by atoms with Gasteiger partial charge < -0.3 is 14.6 Å². The Balaban J connectivity index is 2.21. The van der Waals surface area contributed by atoms with Gasteiger partial charge in [-0.2, -0.15) is 0 Å². The number of carbonyl (C=O) groups is 1. The molecule has 1 N–H and O–H groups in total. The molecule has 1 aliphatic rings. The maximum Gasteiger partial charge on any atom is 0.325 e. The molecule has 1 aromatic carbocycles. The van der Waals surface area contributed by atoms with Gasteiger partial charge in [-0.1, -0.05) is 19.4 Å². The number of likely N-dealkylation sites (N-methyl/N-ethyl adjacent to an activating group) is 1. The van der Waals surface area contributed by atoms with E-state index in [1.807, 2.05) is 11.9 Å². The van der Waals surface area contributed by atoms with Crippen LogP contribution in [0.1, 0.15) is 31.4 Å². The summed E-state index contributed by atoms with van der Waals surface area (Å²) in [6.07, 6.45) is 2.02. The molecule has 1 aromatic rings. The third-order valence-electron chi connectivity index (χ3n) is 3.25. The Labute approximate surface area is 112 Å². The Morgan fingerprint density at radius 3 is 2.84 bits per heavy atom. The number of carboxylic acid groups (broad SMARTS) is 1. The van der Waals surface area contributed by atoms with Crippen LogP contribution in [0.25, 0.3) is 0 Å². The molecule has 1 unspecified atom stereocenters. The predicted octanol–water partition coefficient (Wildman–Crippen LogP) is 2.27. The number of fused-ring (bicyclic) bond motifs is 1. The molecule has 0 fully saturated rings. The molecule has 1 heterocycles. The van der Waals surface area contributed by atoms with Crippen molar-refractivity contribution in [3.05, 3.63) is 23.8 Å². The molecule has 0 saturated heterocycles. The average molecular weight is 265 g/mol. The third kappa shape index (κ3) is 2.98. The molecule has 0 bridgehead atoms. The minimum atomic E-state index is -0.850. The van der Waals surface area contributed by atoms with Crippen molar-refractivity contribution in [1.82, 2.24) is 4.90 Å². The second-order valence-corrected chi connectivity index (χ2v) is 4.69. The lowest BCUT2D eigenvalue weighted by atomic mass is 10.0. The van der Waals surface area contributed by atoms with Gasteiger partial charge in [0.25, 0.3) is 0 Å². The lowest BCUT2D eigenvalue weighted by Crippen LogP contribution is -2.31. The van der Waals surface area contributed by atoms with Crippen molar-refractivity contribution in [2.75, 3.05) is 20.4 Å². The average Bonchev–Trinajstić information content (AvgIpc) is 2.83. The van der Waals surface area contributed by atoms with E-state index in [1.54, 1.807) is 18.2 Å². The van der Waals surface area contributed by atoms with Gasteiger partial charge in [-0.15, -0.1) is 0 Å². The highest BCUT2D eigenvalue weighted by molar-refractivity contribution is 5.76. The molecule has 2 rings (SSSR count). The van der Waals surface area contributed by atoms with Gasteiger partial charge in [0.15, 0.2) is 11.5 Å². The van der Waals surface area contributed by atoms with Crippen molar-refractivity contribution >= 4 is 5.97 Å². The van der Waals surface area contributed by atoms with Crippen molar-refractivity contribution in [1.29, 1.82) is 0 Å². The monoisotopic (exact) mass is 265 g/mol. The standard InChI is InChI=1S/C14H19NO4/c1-3-4-7-15(2)13(14(16)17)10-5-6-11-12(8-10)19-9-18-11/h5-6,8,13H,3-4,7,9H2,1-2H3,(H,16,17). The minimum Gasteiger partial charge on any atom is -0.480 e. The Morgan fingerprint density at radius 2 is 2.16 bits per heavy atom. The van der Waals surface area contributed by atoms with Gasteiger partial charge in [0.1, 0.15) is 6.04 Å². The van der Waals surface area contributed by atoms with Crippen molar-refractivity contribution < 1.29 is 19.4 Å². The number of nitrogens with zero attached hydrogens (tertiary/aromatic N) is 1. The van der Waals surface area contributed by atoms with Crippen LogP contribution in [0.3, 0.4) is 0 Å². The first-order valence-electron chi connectivity index (χ1n) is 6.46. The number of aliphatic carboxylic acids is 1. The highest BCUT2D eigenvalue weighted by Crippen LogP contribution is 2.35. The molecule has 104 valence electrons. The zero-order valence-corrected chi connectivity index (χ0v) is 11.3. The van der Waals surface area contributed by atoms with E-state index in [9.17, 15) is 9.90 Å². The molecule has 5 nitrogen and oxygen atoms in total. The molecule has 1 atom stereocenters. The molecule has 0 amide bonds. The van der Waals surface area contributed by atoms with E-state index in [2.05, 4.69) is 6.92 Å². The first kappa shape index (κ1) is 13.7. The first-order chi connectivity index (χ1) is 9.13. The molecule has 5 heteroatoms.